The van der Waals surface area contributed by atoms with Crippen molar-refractivity contribution in [3.8, 4) is 0 Å². The van der Waals surface area contributed by atoms with E-state index in [4.69, 9.17) is 9.84 Å². The minimum atomic E-state index is -1.04. The largest absolute Gasteiger partial charge is 0.478 e. The molecule has 1 aliphatic heterocycles. The van der Waals surface area contributed by atoms with Crippen LogP contribution in [0.5, 0.6) is 0 Å². The summed E-state index contributed by atoms with van der Waals surface area (Å²) in [4.78, 5) is 22.9. The Morgan fingerprint density at radius 1 is 1.10 bits per heavy atom. The molecule has 0 saturated heterocycles. The minimum absolute atomic E-state index is 0.132. The average Bonchev–Trinajstić information content (AvgIpc) is 2.76. The van der Waals surface area contributed by atoms with E-state index in [0.29, 0.717) is 16.8 Å². The SMILES string of the molecule is O=C(O)c1ccccc1N[C@H]1OC(=O)c2ccccc21. The molecule has 0 aliphatic carbocycles. The number of cyclic esters (lactones) is 1. The van der Waals surface area contributed by atoms with Crippen molar-refractivity contribution in [3.63, 3.8) is 0 Å². The highest BCUT2D eigenvalue weighted by molar-refractivity contribution is 5.96. The predicted molar refractivity (Wildman–Crippen MR) is 71.6 cm³/mol. The molecule has 2 aromatic rings. The number of fused-ring (bicyclic) bond motifs is 1. The van der Waals surface area contributed by atoms with Crippen molar-refractivity contribution >= 4 is 17.6 Å². The zero-order chi connectivity index (χ0) is 14.1. The van der Waals surface area contributed by atoms with Gasteiger partial charge in [-0.1, -0.05) is 30.3 Å². The molecule has 0 aromatic heterocycles. The van der Waals surface area contributed by atoms with Crippen LogP contribution in [-0.4, -0.2) is 17.0 Å². The molecular formula is C15H11NO4. The summed E-state index contributed by atoms with van der Waals surface area (Å²) in [5.41, 5.74) is 1.75. The van der Waals surface area contributed by atoms with Crippen LogP contribution in [-0.2, 0) is 4.74 Å². The van der Waals surface area contributed by atoms with Gasteiger partial charge in [0.1, 0.15) is 0 Å². The van der Waals surface area contributed by atoms with Crippen molar-refractivity contribution in [2.75, 3.05) is 5.32 Å². The summed E-state index contributed by atoms with van der Waals surface area (Å²) in [6.07, 6.45) is -0.667. The Balaban J connectivity index is 1.94. The molecule has 3 rings (SSSR count). The highest BCUT2D eigenvalue weighted by atomic mass is 16.6. The molecule has 0 amide bonds. The molecule has 2 aromatic carbocycles. The molecule has 1 atom stereocenters. The van der Waals surface area contributed by atoms with Crippen molar-refractivity contribution in [3.05, 3.63) is 65.2 Å². The maximum Gasteiger partial charge on any atom is 0.340 e. The van der Waals surface area contributed by atoms with Crippen LogP contribution in [0.15, 0.2) is 48.5 Å². The number of esters is 1. The normalized spacial score (nSPS) is 16.4. The molecule has 0 spiro atoms. The first kappa shape index (κ1) is 12.2. The van der Waals surface area contributed by atoms with Gasteiger partial charge in [-0.3, -0.25) is 0 Å². The summed E-state index contributed by atoms with van der Waals surface area (Å²) < 4.78 is 5.23. The van der Waals surface area contributed by atoms with Crippen LogP contribution in [0.4, 0.5) is 5.69 Å². The lowest BCUT2D eigenvalue weighted by molar-refractivity contribution is 0.0437. The zero-order valence-electron chi connectivity index (χ0n) is 10.4. The first-order chi connectivity index (χ1) is 9.66. The molecule has 100 valence electrons. The number of ether oxygens (including phenoxy) is 1. The summed E-state index contributed by atoms with van der Waals surface area (Å²) in [6.45, 7) is 0. The summed E-state index contributed by atoms with van der Waals surface area (Å²) in [6, 6.07) is 13.5. The van der Waals surface area contributed by atoms with Crippen molar-refractivity contribution in [2.24, 2.45) is 0 Å². The Morgan fingerprint density at radius 2 is 1.80 bits per heavy atom. The number of carboxylic acids is 1. The molecule has 0 radical (unpaired) electrons. The minimum Gasteiger partial charge on any atom is -0.478 e. The van der Waals surface area contributed by atoms with Crippen LogP contribution in [0, 0.1) is 0 Å². The maximum absolute atomic E-state index is 11.7. The molecule has 0 saturated carbocycles. The standard InChI is InChI=1S/C15H11NO4/c17-14(18)11-7-3-4-8-12(11)16-13-9-5-1-2-6-10(9)15(19)20-13/h1-8,13,16H,(H,17,18)/t13-/m0/s1. The summed E-state index contributed by atoms with van der Waals surface area (Å²) >= 11 is 0. The van der Waals surface area contributed by atoms with Crippen molar-refractivity contribution in [1.29, 1.82) is 0 Å². The van der Waals surface area contributed by atoms with E-state index in [9.17, 15) is 9.59 Å². The third kappa shape index (κ3) is 1.99. The summed E-state index contributed by atoms with van der Waals surface area (Å²) in [5, 5.41) is 12.1. The topological polar surface area (TPSA) is 75.6 Å². The van der Waals surface area contributed by atoms with Crippen molar-refractivity contribution in [2.45, 2.75) is 6.23 Å². The number of rotatable bonds is 3. The van der Waals surface area contributed by atoms with Crippen LogP contribution in [0.3, 0.4) is 0 Å². The Bertz CT molecular complexity index is 696. The first-order valence-corrected chi connectivity index (χ1v) is 6.05. The lowest BCUT2D eigenvalue weighted by Gasteiger charge is -2.15. The van der Waals surface area contributed by atoms with E-state index < -0.39 is 18.2 Å². The molecule has 5 nitrogen and oxygen atoms in total. The van der Waals surface area contributed by atoms with E-state index in [2.05, 4.69) is 5.32 Å². The van der Waals surface area contributed by atoms with Gasteiger partial charge >= 0.3 is 11.9 Å². The van der Waals surface area contributed by atoms with Gasteiger partial charge in [0, 0.05) is 5.56 Å². The Morgan fingerprint density at radius 3 is 2.60 bits per heavy atom. The molecule has 5 heteroatoms. The fourth-order valence-electron chi connectivity index (χ4n) is 2.19. The van der Waals surface area contributed by atoms with Crippen LogP contribution in [0.25, 0.3) is 0 Å². The van der Waals surface area contributed by atoms with Crippen LogP contribution in [0.2, 0.25) is 0 Å². The van der Waals surface area contributed by atoms with Gasteiger partial charge < -0.3 is 15.2 Å². The van der Waals surface area contributed by atoms with E-state index in [1.54, 1.807) is 42.5 Å². The van der Waals surface area contributed by atoms with E-state index in [0.717, 1.165) is 0 Å². The number of anilines is 1. The number of para-hydroxylation sites is 1. The first-order valence-electron chi connectivity index (χ1n) is 6.05. The predicted octanol–water partition coefficient (Wildman–Crippen LogP) is 2.67. The van der Waals surface area contributed by atoms with Gasteiger partial charge in [0.15, 0.2) is 0 Å². The molecule has 2 N–H and O–H groups in total. The summed E-state index contributed by atoms with van der Waals surface area (Å²) in [7, 11) is 0. The number of carbonyl (C=O) groups is 2. The van der Waals surface area contributed by atoms with Crippen LogP contribution in [0.1, 0.15) is 32.5 Å². The fourth-order valence-corrected chi connectivity index (χ4v) is 2.19. The van der Waals surface area contributed by atoms with Crippen LogP contribution < -0.4 is 5.32 Å². The smallest absolute Gasteiger partial charge is 0.340 e. The van der Waals surface area contributed by atoms with E-state index >= 15 is 0 Å². The summed E-state index contributed by atoms with van der Waals surface area (Å²) in [5.74, 6) is -1.45. The van der Waals surface area contributed by atoms with Gasteiger partial charge in [0.05, 0.1) is 16.8 Å². The Labute approximate surface area is 114 Å². The third-order valence-corrected chi connectivity index (χ3v) is 3.13. The lowest BCUT2D eigenvalue weighted by atomic mass is 10.1. The molecule has 0 fully saturated rings. The van der Waals surface area contributed by atoms with Crippen molar-refractivity contribution < 1.29 is 19.4 Å². The number of nitrogens with one attached hydrogen (secondary N) is 1. The Kier molecular flexibility index (Phi) is 2.87. The molecule has 1 aliphatic rings. The maximum atomic E-state index is 11.7. The van der Waals surface area contributed by atoms with Gasteiger partial charge in [-0.05, 0) is 18.2 Å². The molecule has 1 heterocycles. The highest BCUT2D eigenvalue weighted by Crippen LogP contribution is 2.32. The number of carbonyl (C=O) groups excluding carboxylic acids is 1. The van der Waals surface area contributed by atoms with Crippen molar-refractivity contribution in [1.82, 2.24) is 0 Å². The van der Waals surface area contributed by atoms with Gasteiger partial charge in [-0.2, -0.15) is 0 Å². The average molecular weight is 269 g/mol. The number of hydrogen-bond donors (Lipinski definition) is 2. The highest BCUT2D eigenvalue weighted by Gasteiger charge is 2.31. The third-order valence-electron chi connectivity index (χ3n) is 3.13. The number of benzene rings is 2. The number of aromatic carboxylic acids is 1. The van der Waals surface area contributed by atoms with Crippen LogP contribution >= 0.6 is 0 Å². The van der Waals surface area contributed by atoms with Gasteiger partial charge in [-0.25, -0.2) is 9.59 Å². The van der Waals surface area contributed by atoms with Gasteiger partial charge in [0.25, 0.3) is 0 Å². The quantitative estimate of drug-likeness (QED) is 0.838. The van der Waals surface area contributed by atoms with E-state index in [1.165, 1.54) is 6.07 Å². The second-order valence-corrected chi connectivity index (χ2v) is 4.37. The lowest BCUT2D eigenvalue weighted by Crippen LogP contribution is -2.13. The van der Waals surface area contributed by atoms with Gasteiger partial charge in [0.2, 0.25) is 6.23 Å². The van der Waals surface area contributed by atoms with E-state index in [-0.39, 0.29) is 5.56 Å². The molecule has 0 bridgehead atoms. The molecule has 0 unspecified atom stereocenters. The Hall–Kier alpha value is -2.82. The second-order valence-electron chi connectivity index (χ2n) is 4.37. The van der Waals surface area contributed by atoms with E-state index in [1.807, 2.05) is 0 Å². The molecule has 20 heavy (non-hydrogen) atoms. The monoisotopic (exact) mass is 269 g/mol. The second kappa shape index (κ2) is 4.70. The molecular weight excluding hydrogens is 258 g/mol. The van der Waals surface area contributed by atoms with Gasteiger partial charge in [-0.15, -0.1) is 0 Å². The zero-order valence-corrected chi connectivity index (χ0v) is 10.4. The number of carboxylic acid groups (broad SMARTS) is 1. The number of hydrogen-bond acceptors (Lipinski definition) is 4. The fraction of sp³-hybridized carbons (Fsp3) is 0.0667.